The monoisotopic (exact) mass is 274 g/mol. The molecule has 3 heteroatoms. The van der Waals surface area contributed by atoms with Crippen molar-refractivity contribution in [3.63, 3.8) is 0 Å². The largest absolute Gasteiger partial charge is 0.380 e. The Labute approximate surface area is 119 Å². The minimum Gasteiger partial charge on any atom is -0.380 e. The molecule has 2 aromatic rings. The molecule has 0 aliphatic heterocycles. The zero-order chi connectivity index (χ0) is 14.0. The SMILES string of the molecule is Cc1cc(C)c(CNc2cnc(Cl)c(C)c2)c(C)c1. The second-order valence-corrected chi connectivity index (χ2v) is 5.42. The Kier molecular flexibility index (Phi) is 4.11. The summed E-state index contributed by atoms with van der Waals surface area (Å²) < 4.78 is 0. The van der Waals surface area contributed by atoms with E-state index in [2.05, 4.69) is 43.2 Å². The van der Waals surface area contributed by atoms with Gasteiger partial charge in [0.1, 0.15) is 5.15 Å². The molecule has 1 heterocycles. The number of hydrogen-bond donors (Lipinski definition) is 1. The highest BCUT2D eigenvalue weighted by Gasteiger charge is 2.04. The molecule has 0 unspecified atom stereocenters. The lowest BCUT2D eigenvalue weighted by Gasteiger charge is -2.13. The first-order valence-corrected chi connectivity index (χ1v) is 6.78. The third-order valence-electron chi connectivity index (χ3n) is 3.32. The summed E-state index contributed by atoms with van der Waals surface area (Å²) in [7, 11) is 0. The molecule has 0 saturated carbocycles. The molecule has 2 nitrogen and oxygen atoms in total. The van der Waals surface area contributed by atoms with E-state index in [1.165, 1.54) is 22.3 Å². The van der Waals surface area contributed by atoms with Gasteiger partial charge in [0.15, 0.2) is 0 Å². The molecule has 0 aliphatic carbocycles. The average Bonchev–Trinajstić information content (AvgIpc) is 2.32. The second-order valence-electron chi connectivity index (χ2n) is 5.06. The summed E-state index contributed by atoms with van der Waals surface area (Å²) >= 11 is 5.93. The van der Waals surface area contributed by atoms with E-state index in [1.807, 2.05) is 13.0 Å². The zero-order valence-corrected chi connectivity index (χ0v) is 12.6. The molecule has 0 atom stereocenters. The van der Waals surface area contributed by atoms with Crippen LogP contribution in [0.2, 0.25) is 5.15 Å². The second kappa shape index (κ2) is 5.62. The first kappa shape index (κ1) is 13.9. The maximum atomic E-state index is 5.93. The normalized spacial score (nSPS) is 10.6. The third kappa shape index (κ3) is 3.27. The maximum Gasteiger partial charge on any atom is 0.132 e. The van der Waals surface area contributed by atoms with Crippen molar-refractivity contribution in [1.82, 2.24) is 4.98 Å². The summed E-state index contributed by atoms with van der Waals surface area (Å²) in [6, 6.07) is 6.46. The molecular formula is C16H19ClN2. The van der Waals surface area contributed by atoms with Crippen LogP contribution in [-0.4, -0.2) is 4.98 Å². The topological polar surface area (TPSA) is 24.9 Å². The van der Waals surface area contributed by atoms with Crippen molar-refractivity contribution in [3.8, 4) is 0 Å². The van der Waals surface area contributed by atoms with Gasteiger partial charge < -0.3 is 5.32 Å². The fraction of sp³-hybridized carbons (Fsp3) is 0.312. The zero-order valence-electron chi connectivity index (χ0n) is 11.8. The van der Waals surface area contributed by atoms with Crippen molar-refractivity contribution in [2.45, 2.75) is 34.2 Å². The molecule has 0 spiro atoms. The van der Waals surface area contributed by atoms with Crippen molar-refractivity contribution in [2.24, 2.45) is 0 Å². The van der Waals surface area contributed by atoms with Crippen LogP contribution in [0.1, 0.15) is 27.8 Å². The van der Waals surface area contributed by atoms with E-state index in [9.17, 15) is 0 Å². The number of nitrogens with one attached hydrogen (secondary N) is 1. The highest BCUT2D eigenvalue weighted by Crippen LogP contribution is 2.20. The lowest BCUT2D eigenvalue weighted by Crippen LogP contribution is -2.04. The van der Waals surface area contributed by atoms with Crippen LogP contribution in [0.3, 0.4) is 0 Å². The van der Waals surface area contributed by atoms with Crippen molar-refractivity contribution in [1.29, 1.82) is 0 Å². The molecular weight excluding hydrogens is 256 g/mol. The third-order valence-corrected chi connectivity index (χ3v) is 3.72. The maximum absolute atomic E-state index is 5.93. The summed E-state index contributed by atoms with van der Waals surface area (Å²) in [4.78, 5) is 4.15. The van der Waals surface area contributed by atoms with Crippen LogP contribution in [0.5, 0.6) is 0 Å². The molecule has 0 amide bonds. The van der Waals surface area contributed by atoms with E-state index in [4.69, 9.17) is 11.6 Å². The molecule has 0 aliphatic rings. The summed E-state index contributed by atoms with van der Waals surface area (Å²) in [5, 5.41) is 3.97. The predicted octanol–water partition coefficient (Wildman–Crippen LogP) is 4.58. The summed E-state index contributed by atoms with van der Waals surface area (Å²) in [6.07, 6.45) is 1.77. The predicted molar refractivity (Wildman–Crippen MR) is 82.0 cm³/mol. The number of rotatable bonds is 3. The molecule has 0 fully saturated rings. The van der Waals surface area contributed by atoms with Gasteiger partial charge in [-0.25, -0.2) is 4.98 Å². The Balaban J connectivity index is 2.16. The van der Waals surface area contributed by atoms with Crippen molar-refractivity contribution in [2.75, 3.05) is 5.32 Å². The molecule has 1 N–H and O–H groups in total. The summed E-state index contributed by atoms with van der Waals surface area (Å²) in [6.45, 7) is 9.21. The first-order valence-electron chi connectivity index (χ1n) is 6.40. The van der Waals surface area contributed by atoms with Gasteiger partial charge in [0, 0.05) is 6.54 Å². The van der Waals surface area contributed by atoms with Crippen LogP contribution in [-0.2, 0) is 6.54 Å². The number of benzene rings is 1. The van der Waals surface area contributed by atoms with Gasteiger partial charge in [-0.1, -0.05) is 29.3 Å². The summed E-state index contributed by atoms with van der Waals surface area (Å²) in [5.74, 6) is 0. The number of anilines is 1. The molecule has 19 heavy (non-hydrogen) atoms. The van der Waals surface area contributed by atoms with Gasteiger partial charge in [0.25, 0.3) is 0 Å². The Hall–Kier alpha value is -1.54. The minimum absolute atomic E-state index is 0.563. The quantitative estimate of drug-likeness (QED) is 0.829. The van der Waals surface area contributed by atoms with Gasteiger partial charge in [-0.3, -0.25) is 0 Å². The minimum atomic E-state index is 0.563. The number of hydrogen-bond acceptors (Lipinski definition) is 2. The lowest BCUT2D eigenvalue weighted by molar-refractivity contribution is 1.07. The van der Waals surface area contributed by atoms with Gasteiger partial charge >= 0.3 is 0 Å². The highest BCUT2D eigenvalue weighted by atomic mass is 35.5. The average molecular weight is 275 g/mol. The Morgan fingerprint density at radius 1 is 1.00 bits per heavy atom. The lowest BCUT2D eigenvalue weighted by atomic mass is 10.00. The number of pyridine rings is 1. The molecule has 2 rings (SSSR count). The Bertz CT molecular complexity index is 583. The van der Waals surface area contributed by atoms with Crippen LogP contribution < -0.4 is 5.32 Å². The van der Waals surface area contributed by atoms with Crippen molar-refractivity contribution < 1.29 is 0 Å². The van der Waals surface area contributed by atoms with E-state index < -0.39 is 0 Å². The molecule has 1 aromatic heterocycles. The number of aromatic nitrogens is 1. The fourth-order valence-corrected chi connectivity index (χ4v) is 2.44. The molecule has 0 radical (unpaired) electrons. The van der Waals surface area contributed by atoms with Crippen molar-refractivity contribution in [3.05, 3.63) is 57.4 Å². The number of aryl methyl sites for hydroxylation is 4. The van der Waals surface area contributed by atoms with E-state index in [1.54, 1.807) is 6.20 Å². The number of halogens is 1. The standard InChI is InChI=1S/C16H19ClN2/c1-10-5-11(2)15(12(3)6-10)9-18-14-7-13(4)16(17)19-8-14/h5-8,18H,9H2,1-4H3. The van der Waals surface area contributed by atoms with E-state index in [-0.39, 0.29) is 0 Å². The Morgan fingerprint density at radius 3 is 2.21 bits per heavy atom. The fourth-order valence-electron chi connectivity index (χ4n) is 2.33. The van der Waals surface area contributed by atoms with Gasteiger partial charge in [-0.05, 0) is 56.0 Å². The summed E-state index contributed by atoms with van der Waals surface area (Å²) in [5.41, 5.74) is 7.29. The van der Waals surface area contributed by atoms with Crippen LogP contribution in [0, 0.1) is 27.7 Å². The molecule has 0 saturated heterocycles. The Morgan fingerprint density at radius 2 is 1.63 bits per heavy atom. The number of nitrogens with zero attached hydrogens (tertiary/aromatic N) is 1. The van der Waals surface area contributed by atoms with Gasteiger partial charge in [0.2, 0.25) is 0 Å². The van der Waals surface area contributed by atoms with E-state index >= 15 is 0 Å². The molecule has 0 bridgehead atoms. The van der Waals surface area contributed by atoms with Crippen molar-refractivity contribution >= 4 is 17.3 Å². The van der Waals surface area contributed by atoms with E-state index in [0.29, 0.717) is 5.15 Å². The molecule has 1 aromatic carbocycles. The smallest absolute Gasteiger partial charge is 0.132 e. The highest BCUT2D eigenvalue weighted by molar-refractivity contribution is 6.30. The van der Waals surface area contributed by atoms with Crippen LogP contribution in [0.15, 0.2) is 24.4 Å². The van der Waals surface area contributed by atoms with E-state index in [0.717, 1.165) is 17.8 Å². The molecule has 100 valence electrons. The van der Waals surface area contributed by atoms with Crippen LogP contribution in [0.25, 0.3) is 0 Å². The van der Waals surface area contributed by atoms with Crippen LogP contribution >= 0.6 is 11.6 Å². The first-order chi connectivity index (χ1) is 8.97. The van der Waals surface area contributed by atoms with Gasteiger partial charge in [-0.2, -0.15) is 0 Å². The van der Waals surface area contributed by atoms with Gasteiger partial charge in [-0.15, -0.1) is 0 Å². The van der Waals surface area contributed by atoms with Gasteiger partial charge in [0.05, 0.1) is 11.9 Å². The van der Waals surface area contributed by atoms with Crippen LogP contribution in [0.4, 0.5) is 5.69 Å².